The summed E-state index contributed by atoms with van der Waals surface area (Å²) in [4.78, 5) is 14.3. The Morgan fingerprint density at radius 2 is 2.11 bits per heavy atom. The first kappa shape index (κ1) is 18.4. The summed E-state index contributed by atoms with van der Waals surface area (Å²) in [6.07, 6.45) is -5.56. The maximum atomic E-state index is 14.3. The highest BCUT2D eigenvalue weighted by Crippen LogP contribution is 2.60. The molecule has 2 unspecified atom stereocenters. The zero-order valence-electron chi connectivity index (χ0n) is 14.2. The van der Waals surface area contributed by atoms with Crippen molar-refractivity contribution >= 4 is 22.9 Å². The van der Waals surface area contributed by atoms with Gasteiger partial charge in [0.25, 0.3) is 0 Å². The number of carbonyl (C=O) groups excluding carboxylic acids is 1. The van der Waals surface area contributed by atoms with Gasteiger partial charge in [-0.3, -0.25) is 4.79 Å². The quantitative estimate of drug-likeness (QED) is 0.759. The van der Waals surface area contributed by atoms with Gasteiger partial charge in [-0.15, -0.1) is 0 Å². The van der Waals surface area contributed by atoms with Crippen LogP contribution in [0.1, 0.15) is 41.3 Å². The highest BCUT2D eigenvalue weighted by molar-refractivity contribution is 7.08. The fraction of sp³-hybridized carbons (Fsp3) is 0.421. The standard InChI is InChI=1S/C19H17F4NO2S/c20-17-13-9-15-12(8-14(13)18(17,26)19(21,22)23)3-1-2-5-24(15)16(25)7-11-4-6-27-10-11/h4,6,8-10,17,26H,1-3,5,7H2. The van der Waals surface area contributed by atoms with Crippen LogP contribution in [-0.2, 0) is 23.2 Å². The Morgan fingerprint density at radius 1 is 1.33 bits per heavy atom. The van der Waals surface area contributed by atoms with E-state index >= 15 is 0 Å². The van der Waals surface area contributed by atoms with Crippen molar-refractivity contribution in [2.24, 2.45) is 0 Å². The van der Waals surface area contributed by atoms with Crippen LogP contribution in [0.3, 0.4) is 0 Å². The maximum absolute atomic E-state index is 14.3. The van der Waals surface area contributed by atoms with Crippen LogP contribution in [0.25, 0.3) is 0 Å². The maximum Gasteiger partial charge on any atom is 0.424 e. The van der Waals surface area contributed by atoms with E-state index < -0.39 is 23.5 Å². The number of alkyl halides is 4. The third-order valence-corrected chi connectivity index (χ3v) is 6.07. The second-order valence-electron chi connectivity index (χ2n) is 7.01. The van der Waals surface area contributed by atoms with Crippen molar-refractivity contribution < 1.29 is 27.5 Å². The Kier molecular flexibility index (Phi) is 4.31. The minimum atomic E-state index is -5.09. The Labute approximate surface area is 157 Å². The average molecular weight is 399 g/mol. The number of amides is 1. The van der Waals surface area contributed by atoms with Gasteiger partial charge in [-0.05, 0) is 64.9 Å². The van der Waals surface area contributed by atoms with Gasteiger partial charge in [0.05, 0.1) is 6.42 Å². The number of nitrogens with zero attached hydrogens (tertiary/aromatic N) is 1. The van der Waals surface area contributed by atoms with Gasteiger partial charge in [0.1, 0.15) is 0 Å². The molecular weight excluding hydrogens is 382 g/mol. The molecule has 1 aromatic heterocycles. The van der Waals surface area contributed by atoms with E-state index in [1.165, 1.54) is 28.4 Å². The molecule has 144 valence electrons. The van der Waals surface area contributed by atoms with Crippen molar-refractivity contribution in [2.45, 2.75) is 43.6 Å². The van der Waals surface area contributed by atoms with Crippen LogP contribution in [0.5, 0.6) is 0 Å². The number of fused-ring (bicyclic) bond motifs is 2. The lowest BCUT2D eigenvalue weighted by Gasteiger charge is -2.44. The normalized spacial score (nSPS) is 24.6. The third kappa shape index (κ3) is 2.77. The fourth-order valence-corrected chi connectivity index (χ4v) is 4.52. The molecule has 0 saturated heterocycles. The van der Waals surface area contributed by atoms with Gasteiger partial charge in [-0.25, -0.2) is 4.39 Å². The van der Waals surface area contributed by atoms with Crippen molar-refractivity contribution in [3.8, 4) is 0 Å². The molecule has 1 N–H and O–H groups in total. The van der Waals surface area contributed by atoms with E-state index in [0.29, 0.717) is 37.1 Å². The summed E-state index contributed by atoms with van der Waals surface area (Å²) in [7, 11) is 0. The summed E-state index contributed by atoms with van der Waals surface area (Å²) < 4.78 is 53.9. The van der Waals surface area contributed by atoms with Crippen LogP contribution in [0, 0.1) is 0 Å². The minimum absolute atomic E-state index is 0.169. The van der Waals surface area contributed by atoms with Crippen molar-refractivity contribution in [3.05, 3.63) is 51.2 Å². The number of aliphatic hydroxyl groups is 1. The van der Waals surface area contributed by atoms with Gasteiger partial charge < -0.3 is 10.0 Å². The molecule has 27 heavy (non-hydrogen) atoms. The molecule has 2 aliphatic rings. The van der Waals surface area contributed by atoms with Crippen LogP contribution < -0.4 is 4.90 Å². The van der Waals surface area contributed by atoms with Gasteiger partial charge in [0.15, 0.2) is 6.17 Å². The molecule has 0 radical (unpaired) electrons. The summed E-state index contributed by atoms with van der Waals surface area (Å²) >= 11 is 1.48. The van der Waals surface area contributed by atoms with Gasteiger partial charge >= 0.3 is 6.18 Å². The molecule has 1 aromatic carbocycles. The Balaban J connectivity index is 1.72. The summed E-state index contributed by atoms with van der Waals surface area (Å²) in [5.74, 6) is -0.169. The zero-order valence-corrected chi connectivity index (χ0v) is 15.0. The van der Waals surface area contributed by atoms with Crippen molar-refractivity contribution in [2.75, 3.05) is 11.4 Å². The molecule has 0 spiro atoms. The molecule has 1 aliphatic carbocycles. The molecule has 0 bridgehead atoms. The second kappa shape index (κ2) is 6.31. The molecule has 4 rings (SSSR count). The summed E-state index contributed by atoms with van der Waals surface area (Å²) in [6.45, 7) is 0.440. The minimum Gasteiger partial charge on any atom is -0.374 e. The van der Waals surface area contributed by atoms with Gasteiger partial charge in [-0.2, -0.15) is 24.5 Å². The molecule has 8 heteroatoms. The largest absolute Gasteiger partial charge is 0.424 e. The fourth-order valence-electron chi connectivity index (χ4n) is 3.85. The molecule has 3 nitrogen and oxygen atoms in total. The Morgan fingerprint density at radius 3 is 2.78 bits per heavy atom. The van der Waals surface area contributed by atoms with Crippen LogP contribution in [0.2, 0.25) is 0 Å². The number of rotatable bonds is 2. The van der Waals surface area contributed by atoms with Crippen molar-refractivity contribution in [1.82, 2.24) is 0 Å². The molecule has 2 aromatic rings. The molecule has 0 fully saturated rings. The number of aryl methyl sites for hydroxylation is 1. The lowest BCUT2D eigenvalue weighted by atomic mass is 9.70. The number of benzene rings is 1. The molecule has 0 saturated carbocycles. The van der Waals surface area contributed by atoms with E-state index in [4.69, 9.17) is 0 Å². The predicted molar refractivity (Wildman–Crippen MR) is 93.6 cm³/mol. The number of halogens is 4. The molecule has 1 aliphatic heterocycles. The first-order chi connectivity index (χ1) is 12.7. The number of hydrogen-bond donors (Lipinski definition) is 1. The molecular formula is C19H17F4NO2S. The summed E-state index contributed by atoms with van der Waals surface area (Å²) in [5.41, 5.74) is -2.22. The van der Waals surface area contributed by atoms with E-state index in [1.807, 2.05) is 16.8 Å². The Bertz CT molecular complexity index is 881. The number of hydrogen-bond acceptors (Lipinski definition) is 3. The third-order valence-electron chi connectivity index (χ3n) is 5.34. The van der Waals surface area contributed by atoms with E-state index in [0.717, 1.165) is 5.56 Å². The first-order valence-corrected chi connectivity index (χ1v) is 9.59. The zero-order chi connectivity index (χ0) is 19.4. The summed E-state index contributed by atoms with van der Waals surface area (Å²) in [5, 5.41) is 13.6. The van der Waals surface area contributed by atoms with Crippen LogP contribution >= 0.6 is 11.3 Å². The van der Waals surface area contributed by atoms with Crippen molar-refractivity contribution in [3.63, 3.8) is 0 Å². The van der Waals surface area contributed by atoms with Gasteiger partial charge in [-0.1, -0.05) is 0 Å². The smallest absolute Gasteiger partial charge is 0.374 e. The first-order valence-electron chi connectivity index (χ1n) is 8.65. The summed E-state index contributed by atoms with van der Waals surface area (Å²) in [6, 6.07) is 4.39. The van der Waals surface area contributed by atoms with Gasteiger partial charge in [0, 0.05) is 17.8 Å². The van der Waals surface area contributed by atoms with E-state index in [2.05, 4.69) is 0 Å². The lowest BCUT2D eigenvalue weighted by Crippen LogP contribution is -2.53. The predicted octanol–water partition coefficient (Wildman–Crippen LogP) is 4.43. The number of anilines is 1. The van der Waals surface area contributed by atoms with Crippen LogP contribution in [-0.4, -0.2) is 23.7 Å². The monoisotopic (exact) mass is 399 g/mol. The number of carbonyl (C=O) groups is 1. The van der Waals surface area contributed by atoms with E-state index in [-0.39, 0.29) is 17.9 Å². The topological polar surface area (TPSA) is 40.5 Å². The van der Waals surface area contributed by atoms with Crippen LogP contribution in [0.4, 0.5) is 23.2 Å². The van der Waals surface area contributed by atoms with E-state index in [1.54, 1.807) is 0 Å². The number of thiophene rings is 1. The molecule has 1 amide bonds. The van der Waals surface area contributed by atoms with Crippen LogP contribution in [0.15, 0.2) is 29.0 Å². The van der Waals surface area contributed by atoms with Crippen molar-refractivity contribution in [1.29, 1.82) is 0 Å². The highest BCUT2D eigenvalue weighted by Gasteiger charge is 2.68. The SMILES string of the molecule is O=C(Cc1ccsc1)N1CCCCc2cc3c(cc21)C(F)C3(O)C(F)(F)F. The molecule has 2 heterocycles. The second-order valence-corrected chi connectivity index (χ2v) is 7.79. The highest BCUT2D eigenvalue weighted by atomic mass is 32.1. The molecule has 2 atom stereocenters. The lowest BCUT2D eigenvalue weighted by molar-refractivity contribution is -0.302. The Hall–Kier alpha value is -1.93. The van der Waals surface area contributed by atoms with E-state index in [9.17, 15) is 27.5 Å². The average Bonchev–Trinajstić information content (AvgIpc) is 3.03. The van der Waals surface area contributed by atoms with Gasteiger partial charge in [0.2, 0.25) is 11.5 Å².